The number of rotatable bonds is 2. The highest BCUT2D eigenvalue weighted by molar-refractivity contribution is 8.88. The van der Waals surface area contributed by atoms with Crippen molar-refractivity contribution in [1.29, 1.82) is 0 Å². The number of carbonyl (C=O) groups is 1. The molecule has 0 atom stereocenters. The van der Waals surface area contributed by atoms with Crippen molar-refractivity contribution in [2.24, 2.45) is 9.98 Å². The highest BCUT2D eigenvalue weighted by Crippen LogP contribution is 2.38. The van der Waals surface area contributed by atoms with Gasteiger partial charge in [-0.05, 0) is 28.5 Å². The fraction of sp³-hybridized carbons (Fsp3) is 0.200. The number of amides is 1. The maximum atomic E-state index is 12.7. The minimum Gasteiger partial charge on any atom is -0.360 e. The van der Waals surface area contributed by atoms with Gasteiger partial charge in [-0.2, -0.15) is 4.99 Å². The van der Waals surface area contributed by atoms with Crippen LogP contribution in [0.1, 0.15) is 16.1 Å². The molecule has 0 N–H and O–H groups in total. The number of carbonyl (C=O) groups excluding carboxylic acids is 1. The van der Waals surface area contributed by atoms with Crippen molar-refractivity contribution in [3.8, 4) is 11.3 Å². The Morgan fingerprint density at radius 3 is 2.96 bits per heavy atom. The van der Waals surface area contributed by atoms with Crippen LogP contribution in [-0.4, -0.2) is 39.4 Å². The molecular formula is C15H12N4O2S2. The first-order valence-electron chi connectivity index (χ1n) is 7.05. The Balaban J connectivity index is 1.70. The third kappa shape index (κ3) is 2.57. The maximum absolute atomic E-state index is 12.7. The van der Waals surface area contributed by atoms with Crippen LogP contribution in [0.15, 0.2) is 44.8 Å². The van der Waals surface area contributed by atoms with Gasteiger partial charge in [0.2, 0.25) is 0 Å². The first-order chi connectivity index (χ1) is 11.2. The number of hydrogen-bond donors (Lipinski definition) is 0. The van der Waals surface area contributed by atoms with Crippen LogP contribution in [0.2, 0.25) is 0 Å². The number of benzene rings is 1. The monoisotopic (exact) mass is 344 g/mol. The molecule has 0 spiro atoms. The van der Waals surface area contributed by atoms with Crippen molar-refractivity contribution in [2.45, 2.75) is 6.92 Å². The zero-order chi connectivity index (χ0) is 15.8. The van der Waals surface area contributed by atoms with Gasteiger partial charge in [-0.25, -0.2) is 0 Å². The van der Waals surface area contributed by atoms with E-state index >= 15 is 0 Å². The summed E-state index contributed by atoms with van der Waals surface area (Å²) in [6, 6.07) is 9.50. The van der Waals surface area contributed by atoms with Crippen molar-refractivity contribution in [2.75, 3.05) is 13.1 Å². The predicted octanol–water partition coefficient (Wildman–Crippen LogP) is 3.21. The topological polar surface area (TPSA) is 71.1 Å². The first-order valence-corrected chi connectivity index (χ1v) is 9.20. The van der Waals surface area contributed by atoms with Crippen LogP contribution in [0.4, 0.5) is 0 Å². The zero-order valence-electron chi connectivity index (χ0n) is 12.2. The fourth-order valence-corrected chi connectivity index (χ4v) is 4.70. The Hall–Kier alpha value is -2.06. The number of hydrogen-bond acceptors (Lipinski definition) is 6. The molecule has 2 aromatic rings. The van der Waals surface area contributed by atoms with E-state index in [0.29, 0.717) is 22.2 Å². The van der Waals surface area contributed by atoms with Gasteiger partial charge in [-0.15, -0.1) is 0 Å². The summed E-state index contributed by atoms with van der Waals surface area (Å²) in [6.45, 7) is 3.25. The normalized spacial score (nSPS) is 18.4. The van der Waals surface area contributed by atoms with E-state index in [-0.39, 0.29) is 5.91 Å². The second kappa shape index (κ2) is 5.86. The third-order valence-electron chi connectivity index (χ3n) is 3.54. The van der Waals surface area contributed by atoms with E-state index in [0.717, 1.165) is 23.8 Å². The Bertz CT molecular complexity index is 829. The van der Waals surface area contributed by atoms with Crippen LogP contribution >= 0.6 is 21.6 Å². The molecule has 1 aromatic carbocycles. The molecule has 0 saturated carbocycles. The minimum atomic E-state index is -0.334. The van der Waals surface area contributed by atoms with E-state index in [1.807, 2.05) is 35.2 Å². The Morgan fingerprint density at radius 2 is 2.13 bits per heavy atom. The lowest BCUT2D eigenvalue weighted by molar-refractivity contribution is 0.100. The van der Waals surface area contributed by atoms with Gasteiger partial charge >= 0.3 is 0 Å². The van der Waals surface area contributed by atoms with Gasteiger partial charge in [0, 0.05) is 12.1 Å². The lowest BCUT2D eigenvalue weighted by atomic mass is 10.1. The number of amidine groups is 2. The van der Waals surface area contributed by atoms with Gasteiger partial charge in [-0.3, -0.25) is 14.7 Å². The molecule has 2 aliphatic heterocycles. The number of aryl methyl sites for hydroxylation is 1. The highest BCUT2D eigenvalue weighted by Gasteiger charge is 2.32. The average Bonchev–Trinajstić information content (AvgIpc) is 3.25. The maximum Gasteiger partial charge on any atom is 0.285 e. The molecule has 3 heterocycles. The molecule has 0 unspecified atom stereocenters. The van der Waals surface area contributed by atoms with Crippen LogP contribution in [0.25, 0.3) is 11.3 Å². The molecule has 2 aliphatic rings. The van der Waals surface area contributed by atoms with Crippen LogP contribution in [0.3, 0.4) is 0 Å². The molecule has 0 radical (unpaired) electrons. The van der Waals surface area contributed by atoms with Gasteiger partial charge < -0.3 is 4.52 Å². The first kappa shape index (κ1) is 14.5. The van der Waals surface area contributed by atoms with Gasteiger partial charge in [0.1, 0.15) is 17.0 Å². The standard InChI is InChI=1S/C15H12N4O2S2/c1-9-11(12(18-21-9)10-5-3-2-4-6-10)13(20)17-15-19-8-7-16-14(19)22-23-15/h2-6H,7-8H2,1H3. The summed E-state index contributed by atoms with van der Waals surface area (Å²) < 4.78 is 5.23. The third-order valence-corrected chi connectivity index (χ3v) is 5.73. The summed E-state index contributed by atoms with van der Waals surface area (Å²) in [5.41, 5.74) is 1.78. The van der Waals surface area contributed by atoms with Gasteiger partial charge in [-0.1, -0.05) is 35.5 Å². The minimum absolute atomic E-state index is 0.334. The summed E-state index contributed by atoms with van der Waals surface area (Å²) in [4.78, 5) is 23.3. The van der Waals surface area contributed by atoms with E-state index in [4.69, 9.17) is 4.52 Å². The number of aromatic nitrogens is 1. The quantitative estimate of drug-likeness (QED) is 0.779. The van der Waals surface area contributed by atoms with Crippen molar-refractivity contribution in [3.05, 3.63) is 41.7 Å². The smallest absolute Gasteiger partial charge is 0.285 e. The molecule has 1 amide bonds. The average molecular weight is 344 g/mol. The summed E-state index contributed by atoms with van der Waals surface area (Å²) in [7, 11) is 2.99. The predicted molar refractivity (Wildman–Crippen MR) is 92.6 cm³/mol. The van der Waals surface area contributed by atoms with Crippen LogP contribution in [0.5, 0.6) is 0 Å². The number of fused-ring (bicyclic) bond motifs is 1. The van der Waals surface area contributed by atoms with E-state index in [2.05, 4.69) is 15.1 Å². The van der Waals surface area contributed by atoms with Gasteiger partial charge in [0.25, 0.3) is 5.91 Å². The SMILES string of the molecule is Cc1onc(-c2ccccc2)c1C(=O)N=C1SSC2=NCCN21. The van der Waals surface area contributed by atoms with Crippen molar-refractivity contribution >= 4 is 37.8 Å². The molecule has 0 aliphatic carbocycles. The fourth-order valence-electron chi connectivity index (χ4n) is 2.43. The Kier molecular flexibility index (Phi) is 3.70. The summed E-state index contributed by atoms with van der Waals surface area (Å²) in [5, 5.41) is 5.63. The molecule has 0 bridgehead atoms. The lowest BCUT2D eigenvalue weighted by Gasteiger charge is -2.09. The molecule has 4 rings (SSSR count). The van der Waals surface area contributed by atoms with Crippen molar-refractivity contribution in [1.82, 2.24) is 10.1 Å². The van der Waals surface area contributed by atoms with Crippen molar-refractivity contribution < 1.29 is 9.32 Å². The van der Waals surface area contributed by atoms with E-state index in [1.165, 1.54) is 21.6 Å². The van der Waals surface area contributed by atoms with Crippen LogP contribution in [-0.2, 0) is 0 Å². The van der Waals surface area contributed by atoms with E-state index in [1.54, 1.807) is 6.92 Å². The molecule has 116 valence electrons. The zero-order valence-corrected chi connectivity index (χ0v) is 13.9. The highest BCUT2D eigenvalue weighted by atomic mass is 33.1. The second-order valence-corrected chi connectivity index (χ2v) is 7.07. The summed E-state index contributed by atoms with van der Waals surface area (Å²) >= 11 is 0. The van der Waals surface area contributed by atoms with Crippen LogP contribution in [0, 0.1) is 6.92 Å². The molecule has 1 aromatic heterocycles. The van der Waals surface area contributed by atoms with E-state index < -0.39 is 0 Å². The van der Waals surface area contributed by atoms with E-state index in [9.17, 15) is 4.79 Å². The largest absolute Gasteiger partial charge is 0.360 e. The molecule has 23 heavy (non-hydrogen) atoms. The summed E-state index contributed by atoms with van der Waals surface area (Å²) in [6.07, 6.45) is 0. The Morgan fingerprint density at radius 1 is 1.30 bits per heavy atom. The second-order valence-electron chi connectivity index (χ2n) is 5.01. The number of nitrogens with zero attached hydrogens (tertiary/aromatic N) is 4. The van der Waals surface area contributed by atoms with Crippen LogP contribution < -0.4 is 0 Å². The Labute approximate surface area is 140 Å². The summed E-state index contributed by atoms with van der Waals surface area (Å²) in [5.74, 6) is 0.142. The molecule has 8 heteroatoms. The molecule has 1 fully saturated rings. The molecular weight excluding hydrogens is 332 g/mol. The number of aliphatic imine (C=N–C) groups is 2. The van der Waals surface area contributed by atoms with Gasteiger partial charge in [0.05, 0.1) is 6.54 Å². The van der Waals surface area contributed by atoms with Gasteiger partial charge in [0.15, 0.2) is 10.3 Å². The lowest BCUT2D eigenvalue weighted by Crippen LogP contribution is -2.26. The molecule has 6 nitrogen and oxygen atoms in total. The molecule has 1 saturated heterocycles. The van der Waals surface area contributed by atoms with Crippen molar-refractivity contribution in [3.63, 3.8) is 0 Å².